The number of hydrogen-bond donors (Lipinski definition) is 2. The fraction of sp³-hybridized carbons (Fsp3) is 0.167. The highest BCUT2D eigenvalue weighted by Crippen LogP contribution is 2.13. The number of nitrogens with zero attached hydrogens (tertiary/aromatic N) is 2. The van der Waals surface area contributed by atoms with Gasteiger partial charge in [0.1, 0.15) is 12.9 Å². The molecule has 0 radical (unpaired) electrons. The second-order valence-electron chi connectivity index (χ2n) is 3.01. The van der Waals surface area contributed by atoms with Crippen LogP contribution in [0.4, 0.5) is 5.69 Å². The molecule has 0 unspecified atom stereocenters. The van der Waals surface area contributed by atoms with Crippen LogP contribution in [0.2, 0.25) is 0 Å². The summed E-state index contributed by atoms with van der Waals surface area (Å²) in [6.07, 6.45) is 10.4. The summed E-state index contributed by atoms with van der Waals surface area (Å²) in [5.41, 5.74) is 2.45. The molecule has 0 bridgehead atoms. The molecule has 0 fully saturated rings. The molecule has 5 heteroatoms. The molecule has 0 spiro atoms. The average Bonchev–Trinajstić information content (AvgIpc) is 2.37. The van der Waals surface area contributed by atoms with Gasteiger partial charge in [0, 0.05) is 6.07 Å². The number of ether oxygens (including phenoxy) is 1. The van der Waals surface area contributed by atoms with Gasteiger partial charge in [-0.1, -0.05) is 18.2 Å². The normalized spacial score (nSPS) is 11.6. The third kappa shape index (κ3) is 5.48. The molecule has 0 aliphatic carbocycles. The Hall–Kier alpha value is -2.14. The first-order chi connectivity index (χ1) is 8.36. The molecule has 0 aliphatic rings. The molecule has 1 aromatic heterocycles. The van der Waals surface area contributed by atoms with E-state index in [1.165, 1.54) is 0 Å². The van der Waals surface area contributed by atoms with Gasteiger partial charge in [-0.3, -0.25) is 10.7 Å². The lowest BCUT2D eigenvalue weighted by Gasteiger charge is -2.01. The summed E-state index contributed by atoms with van der Waals surface area (Å²) in [6.45, 7) is 2.42. The number of pyridine rings is 1. The molecule has 2 N–H and O–H groups in total. The minimum Gasteiger partial charge on any atom is -0.473 e. The molecular formula is C12H15N3O2. The number of aromatic nitrogens is 1. The Balaban J connectivity index is 2.42. The molecule has 1 heterocycles. The van der Waals surface area contributed by atoms with E-state index in [-0.39, 0.29) is 0 Å². The van der Waals surface area contributed by atoms with Crippen molar-refractivity contribution in [3.8, 4) is 5.88 Å². The molecule has 90 valence electrons. The summed E-state index contributed by atoms with van der Waals surface area (Å²) in [5, 5.41) is 8.31. The fourth-order valence-corrected chi connectivity index (χ4v) is 1.02. The highest BCUT2D eigenvalue weighted by molar-refractivity contribution is 5.59. The summed E-state index contributed by atoms with van der Waals surface area (Å²) >= 11 is 0. The minimum absolute atomic E-state index is 0.470. The number of aliphatic imine (C=N–C) groups is 1. The van der Waals surface area contributed by atoms with Crippen LogP contribution < -0.4 is 10.2 Å². The van der Waals surface area contributed by atoms with Gasteiger partial charge in [-0.05, 0) is 19.1 Å². The van der Waals surface area contributed by atoms with Gasteiger partial charge in [0.05, 0.1) is 11.9 Å². The van der Waals surface area contributed by atoms with Crippen LogP contribution in [0.25, 0.3) is 0 Å². The lowest BCUT2D eigenvalue weighted by Crippen LogP contribution is -2.01. The van der Waals surface area contributed by atoms with Crippen molar-refractivity contribution in [1.29, 1.82) is 0 Å². The fourth-order valence-electron chi connectivity index (χ4n) is 1.02. The van der Waals surface area contributed by atoms with Gasteiger partial charge in [0.25, 0.3) is 0 Å². The largest absolute Gasteiger partial charge is 0.473 e. The van der Waals surface area contributed by atoms with E-state index in [2.05, 4.69) is 9.98 Å². The van der Waals surface area contributed by atoms with Crippen molar-refractivity contribution >= 4 is 12.0 Å². The van der Waals surface area contributed by atoms with Crippen molar-refractivity contribution in [2.75, 3.05) is 6.61 Å². The second kappa shape index (κ2) is 8.06. The first kappa shape index (κ1) is 12.9. The van der Waals surface area contributed by atoms with Gasteiger partial charge in [-0.2, -0.15) is 0 Å². The topological polar surface area (TPSA) is 66.7 Å². The monoisotopic (exact) mass is 233 g/mol. The lowest BCUT2D eigenvalue weighted by atomic mass is 10.4. The van der Waals surface area contributed by atoms with Crippen molar-refractivity contribution in [3.63, 3.8) is 0 Å². The summed E-state index contributed by atoms with van der Waals surface area (Å²) < 4.78 is 5.36. The molecule has 5 nitrogen and oxygen atoms in total. The molecule has 0 atom stereocenters. The first-order valence-electron chi connectivity index (χ1n) is 5.15. The Morgan fingerprint density at radius 3 is 3.00 bits per heavy atom. The summed E-state index contributed by atoms with van der Waals surface area (Å²) in [7, 11) is 0. The summed E-state index contributed by atoms with van der Waals surface area (Å²) in [5.74, 6) is 0.533. The average molecular weight is 233 g/mol. The second-order valence-corrected chi connectivity index (χ2v) is 3.01. The van der Waals surface area contributed by atoms with Crippen LogP contribution >= 0.6 is 0 Å². The number of nitrogens with one attached hydrogen (secondary N) is 1. The van der Waals surface area contributed by atoms with Gasteiger partial charge in [-0.25, -0.2) is 9.98 Å². The van der Waals surface area contributed by atoms with Crippen LogP contribution in [0, 0.1) is 0 Å². The SMILES string of the molecule is C/C=C/C=C/COc1ccc(N=CNO)cn1. The van der Waals surface area contributed by atoms with E-state index in [0.29, 0.717) is 18.2 Å². The van der Waals surface area contributed by atoms with E-state index in [1.807, 2.05) is 36.7 Å². The number of rotatable bonds is 6. The molecule has 0 saturated heterocycles. The van der Waals surface area contributed by atoms with Gasteiger partial charge < -0.3 is 4.74 Å². The third-order valence-corrected chi connectivity index (χ3v) is 1.76. The van der Waals surface area contributed by atoms with Crippen molar-refractivity contribution < 1.29 is 9.94 Å². The molecule has 17 heavy (non-hydrogen) atoms. The van der Waals surface area contributed by atoms with Gasteiger partial charge in [0.2, 0.25) is 5.88 Å². The van der Waals surface area contributed by atoms with Crippen LogP contribution in [0.1, 0.15) is 6.92 Å². The number of hydrogen-bond acceptors (Lipinski definition) is 4. The summed E-state index contributed by atoms with van der Waals surface area (Å²) in [4.78, 5) is 7.91. The Bertz CT molecular complexity index is 397. The highest BCUT2D eigenvalue weighted by Gasteiger charge is 1.93. The first-order valence-corrected chi connectivity index (χ1v) is 5.15. The zero-order valence-electron chi connectivity index (χ0n) is 9.58. The predicted molar refractivity (Wildman–Crippen MR) is 66.8 cm³/mol. The Kier molecular flexibility index (Phi) is 6.13. The zero-order valence-corrected chi connectivity index (χ0v) is 9.58. The third-order valence-electron chi connectivity index (χ3n) is 1.76. The Morgan fingerprint density at radius 1 is 1.47 bits per heavy atom. The lowest BCUT2D eigenvalue weighted by molar-refractivity contribution is 0.240. The van der Waals surface area contributed by atoms with E-state index < -0.39 is 0 Å². The molecule has 1 rings (SSSR count). The zero-order chi connectivity index (χ0) is 12.3. The van der Waals surface area contributed by atoms with E-state index in [9.17, 15) is 0 Å². The van der Waals surface area contributed by atoms with E-state index in [1.54, 1.807) is 18.3 Å². The predicted octanol–water partition coefficient (Wildman–Crippen LogP) is 2.23. The van der Waals surface area contributed by atoms with Crippen LogP contribution in [0.3, 0.4) is 0 Å². The highest BCUT2D eigenvalue weighted by atomic mass is 16.5. The molecule has 0 amide bonds. The van der Waals surface area contributed by atoms with Crippen molar-refractivity contribution in [2.24, 2.45) is 4.99 Å². The van der Waals surface area contributed by atoms with Crippen LogP contribution in [0.5, 0.6) is 5.88 Å². The van der Waals surface area contributed by atoms with Gasteiger partial charge >= 0.3 is 0 Å². The van der Waals surface area contributed by atoms with E-state index >= 15 is 0 Å². The minimum atomic E-state index is 0.470. The standard InChI is InChI=1S/C12H15N3O2/c1-2-3-4-5-8-17-12-7-6-11(9-13-12)14-10-15-16/h2-7,9-10,16H,8H2,1H3,(H,14,15)/b3-2+,5-4+. The van der Waals surface area contributed by atoms with Gasteiger partial charge in [0.15, 0.2) is 0 Å². The smallest absolute Gasteiger partial charge is 0.213 e. The van der Waals surface area contributed by atoms with Crippen molar-refractivity contribution in [2.45, 2.75) is 6.92 Å². The van der Waals surface area contributed by atoms with Crippen molar-refractivity contribution in [3.05, 3.63) is 42.6 Å². The Morgan fingerprint density at radius 2 is 2.35 bits per heavy atom. The van der Waals surface area contributed by atoms with Gasteiger partial charge in [-0.15, -0.1) is 0 Å². The maximum Gasteiger partial charge on any atom is 0.213 e. The quantitative estimate of drug-likeness (QED) is 0.342. The molecule has 0 aromatic carbocycles. The molecule has 1 aromatic rings. The Labute approximate surface area is 100 Å². The number of allylic oxidation sites excluding steroid dienone is 3. The maximum atomic E-state index is 8.31. The maximum absolute atomic E-state index is 8.31. The van der Waals surface area contributed by atoms with Crippen LogP contribution in [0.15, 0.2) is 47.6 Å². The molecular weight excluding hydrogens is 218 g/mol. The van der Waals surface area contributed by atoms with E-state index in [0.717, 1.165) is 6.34 Å². The van der Waals surface area contributed by atoms with E-state index in [4.69, 9.17) is 9.94 Å². The van der Waals surface area contributed by atoms with Crippen LogP contribution in [-0.4, -0.2) is 23.1 Å². The summed E-state index contributed by atoms with van der Waals surface area (Å²) in [6, 6.07) is 3.46. The van der Waals surface area contributed by atoms with Crippen LogP contribution in [-0.2, 0) is 0 Å². The molecule has 0 aliphatic heterocycles. The van der Waals surface area contributed by atoms with Crippen molar-refractivity contribution in [1.82, 2.24) is 10.5 Å². The number of hydroxylamine groups is 1. The molecule has 0 saturated carbocycles.